The second-order valence-electron chi connectivity index (χ2n) is 5.60. The van der Waals surface area contributed by atoms with Crippen molar-refractivity contribution in [2.75, 3.05) is 26.3 Å². The van der Waals surface area contributed by atoms with Gasteiger partial charge in [0.1, 0.15) is 0 Å². The first kappa shape index (κ1) is 13.9. The molecule has 0 aromatic rings. The van der Waals surface area contributed by atoms with Crippen molar-refractivity contribution < 1.29 is 4.74 Å². The maximum Gasteiger partial charge on any atom is 0.0594 e. The highest BCUT2D eigenvalue weighted by Gasteiger charge is 2.35. The Morgan fingerprint density at radius 2 is 1.88 bits per heavy atom. The fraction of sp³-hybridized carbons (Fsp3) is 1.00. The molecule has 1 rings (SSSR count). The van der Waals surface area contributed by atoms with Crippen molar-refractivity contribution >= 4 is 0 Å². The van der Waals surface area contributed by atoms with Crippen molar-refractivity contribution in [3.63, 3.8) is 0 Å². The van der Waals surface area contributed by atoms with Crippen LogP contribution in [0.5, 0.6) is 0 Å². The Bertz CT molecular complexity index is 200. The van der Waals surface area contributed by atoms with Crippen LogP contribution in [0, 0.1) is 5.92 Å². The Morgan fingerprint density at radius 3 is 2.31 bits per heavy atom. The van der Waals surface area contributed by atoms with Crippen LogP contribution < -0.4 is 11.3 Å². The Labute approximate surface area is 99.5 Å². The van der Waals surface area contributed by atoms with Crippen LogP contribution in [0.4, 0.5) is 0 Å². The molecular formula is C12H27N3O. The Kier molecular flexibility index (Phi) is 5.18. The predicted octanol–water partition coefficient (Wildman–Crippen LogP) is 0.975. The van der Waals surface area contributed by atoms with Gasteiger partial charge in [0.25, 0.3) is 0 Å². The largest absolute Gasteiger partial charge is 0.379 e. The number of hydrogen-bond donors (Lipinski definition) is 2. The van der Waals surface area contributed by atoms with Crippen LogP contribution >= 0.6 is 0 Å². The van der Waals surface area contributed by atoms with Crippen LogP contribution in [-0.4, -0.2) is 42.8 Å². The summed E-state index contributed by atoms with van der Waals surface area (Å²) in [6.07, 6.45) is 1.10. The zero-order chi connectivity index (χ0) is 12.2. The number of rotatable bonds is 5. The molecule has 1 atom stereocenters. The van der Waals surface area contributed by atoms with Crippen LogP contribution in [0.2, 0.25) is 0 Å². The van der Waals surface area contributed by atoms with E-state index in [1.165, 1.54) is 0 Å². The summed E-state index contributed by atoms with van der Waals surface area (Å²) < 4.78 is 5.40. The van der Waals surface area contributed by atoms with Crippen LogP contribution in [0.3, 0.4) is 0 Å². The van der Waals surface area contributed by atoms with Gasteiger partial charge in [-0.15, -0.1) is 0 Å². The molecule has 1 heterocycles. The van der Waals surface area contributed by atoms with Gasteiger partial charge in [-0.05, 0) is 26.2 Å². The minimum absolute atomic E-state index is 0.0861. The zero-order valence-electron chi connectivity index (χ0n) is 11.1. The third kappa shape index (κ3) is 3.42. The summed E-state index contributed by atoms with van der Waals surface area (Å²) in [6, 6.07) is 0.325. The normalized spacial score (nSPS) is 21.4. The molecule has 16 heavy (non-hydrogen) atoms. The molecule has 1 aliphatic rings. The maximum atomic E-state index is 5.71. The minimum Gasteiger partial charge on any atom is -0.379 e. The lowest BCUT2D eigenvalue weighted by atomic mass is 9.86. The standard InChI is InChI=1S/C12H27N3O/c1-10(2)9-11(14-13)12(3,4)15-5-7-16-8-6-15/h10-11,14H,5-9,13H2,1-4H3. The van der Waals surface area contributed by atoms with E-state index in [1.807, 2.05) is 0 Å². The lowest BCUT2D eigenvalue weighted by Crippen LogP contribution is -2.62. The molecule has 0 aromatic carbocycles. The average molecular weight is 229 g/mol. The molecule has 1 unspecified atom stereocenters. The Balaban J connectivity index is 2.63. The molecule has 0 saturated carbocycles. The number of nitrogens with one attached hydrogen (secondary N) is 1. The van der Waals surface area contributed by atoms with Gasteiger partial charge in [0.2, 0.25) is 0 Å². The zero-order valence-corrected chi connectivity index (χ0v) is 11.1. The number of hydrazine groups is 1. The number of nitrogens with zero attached hydrogens (tertiary/aromatic N) is 1. The SMILES string of the molecule is CC(C)CC(NN)C(C)(C)N1CCOCC1. The molecule has 0 spiro atoms. The van der Waals surface area contributed by atoms with Crippen LogP contribution in [-0.2, 0) is 4.74 Å². The van der Waals surface area contributed by atoms with Crippen molar-refractivity contribution in [2.24, 2.45) is 11.8 Å². The summed E-state index contributed by atoms with van der Waals surface area (Å²) in [6.45, 7) is 12.7. The van der Waals surface area contributed by atoms with Crippen molar-refractivity contribution in [3.8, 4) is 0 Å². The van der Waals surface area contributed by atoms with Crippen LogP contribution in [0.15, 0.2) is 0 Å². The first-order chi connectivity index (χ1) is 7.48. The first-order valence-corrected chi connectivity index (χ1v) is 6.27. The van der Waals surface area contributed by atoms with Crippen molar-refractivity contribution in [3.05, 3.63) is 0 Å². The summed E-state index contributed by atoms with van der Waals surface area (Å²) in [4.78, 5) is 2.48. The highest BCUT2D eigenvalue weighted by Crippen LogP contribution is 2.24. The molecule has 0 bridgehead atoms. The van der Waals surface area contributed by atoms with E-state index in [0.29, 0.717) is 12.0 Å². The molecule has 0 aromatic heterocycles. The number of nitrogens with two attached hydrogens (primary N) is 1. The fourth-order valence-corrected chi connectivity index (χ4v) is 2.39. The van der Waals surface area contributed by atoms with Gasteiger partial charge in [-0.1, -0.05) is 13.8 Å². The van der Waals surface area contributed by atoms with E-state index in [0.717, 1.165) is 32.7 Å². The molecule has 1 aliphatic heterocycles. The average Bonchev–Trinajstić information content (AvgIpc) is 2.26. The summed E-state index contributed by atoms with van der Waals surface area (Å²) in [5, 5.41) is 0. The summed E-state index contributed by atoms with van der Waals surface area (Å²) >= 11 is 0. The number of ether oxygens (including phenoxy) is 1. The van der Waals surface area contributed by atoms with E-state index in [9.17, 15) is 0 Å². The predicted molar refractivity (Wildman–Crippen MR) is 67.0 cm³/mol. The molecule has 3 N–H and O–H groups in total. The van der Waals surface area contributed by atoms with Crippen molar-refractivity contribution in [2.45, 2.75) is 45.7 Å². The van der Waals surface area contributed by atoms with Gasteiger partial charge in [-0.3, -0.25) is 16.2 Å². The second-order valence-corrected chi connectivity index (χ2v) is 5.60. The highest BCUT2D eigenvalue weighted by atomic mass is 16.5. The first-order valence-electron chi connectivity index (χ1n) is 6.27. The van der Waals surface area contributed by atoms with Crippen LogP contribution in [0.25, 0.3) is 0 Å². The fourth-order valence-electron chi connectivity index (χ4n) is 2.39. The molecule has 1 fully saturated rings. The van der Waals surface area contributed by atoms with E-state index in [2.05, 4.69) is 38.0 Å². The van der Waals surface area contributed by atoms with E-state index in [1.54, 1.807) is 0 Å². The monoisotopic (exact) mass is 229 g/mol. The van der Waals surface area contributed by atoms with E-state index in [-0.39, 0.29) is 5.54 Å². The molecule has 96 valence electrons. The topological polar surface area (TPSA) is 50.5 Å². The number of hydrogen-bond acceptors (Lipinski definition) is 4. The Hall–Kier alpha value is -0.160. The minimum atomic E-state index is 0.0861. The lowest BCUT2D eigenvalue weighted by Gasteiger charge is -2.46. The van der Waals surface area contributed by atoms with Gasteiger partial charge in [-0.25, -0.2) is 0 Å². The summed E-state index contributed by atoms with van der Waals surface area (Å²) in [5.74, 6) is 6.36. The smallest absolute Gasteiger partial charge is 0.0594 e. The summed E-state index contributed by atoms with van der Waals surface area (Å²) in [5.41, 5.74) is 3.07. The third-order valence-corrected chi connectivity index (χ3v) is 3.59. The molecule has 0 radical (unpaired) electrons. The molecule has 1 saturated heterocycles. The van der Waals surface area contributed by atoms with Gasteiger partial charge >= 0.3 is 0 Å². The summed E-state index contributed by atoms with van der Waals surface area (Å²) in [7, 11) is 0. The van der Waals surface area contributed by atoms with Gasteiger partial charge in [0.05, 0.1) is 13.2 Å². The molecule has 4 nitrogen and oxygen atoms in total. The highest BCUT2D eigenvalue weighted by molar-refractivity contribution is 4.93. The van der Waals surface area contributed by atoms with Gasteiger partial charge in [0.15, 0.2) is 0 Å². The second kappa shape index (κ2) is 5.96. The van der Waals surface area contributed by atoms with Crippen molar-refractivity contribution in [1.82, 2.24) is 10.3 Å². The van der Waals surface area contributed by atoms with E-state index < -0.39 is 0 Å². The van der Waals surface area contributed by atoms with Crippen molar-refractivity contribution in [1.29, 1.82) is 0 Å². The van der Waals surface area contributed by atoms with Gasteiger partial charge in [0, 0.05) is 24.7 Å². The molecule has 0 aliphatic carbocycles. The van der Waals surface area contributed by atoms with Gasteiger partial charge < -0.3 is 4.74 Å². The van der Waals surface area contributed by atoms with Gasteiger partial charge in [-0.2, -0.15) is 0 Å². The lowest BCUT2D eigenvalue weighted by molar-refractivity contribution is -0.0258. The Morgan fingerprint density at radius 1 is 1.31 bits per heavy atom. The molecule has 4 heteroatoms. The van der Waals surface area contributed by atoms with Crippen LogP contribution in [0.1, 0.15) is 34.1 Å². The molecular weight excluding hydrogens is 202 g/mol. The maximum absolute atomic E-state index is 5.71. The van der Waals surface area contributed by atoms with E-state index >= 15 is 0 Å². The molecule has 0 amide bonds. The third-order valence-electron chi connectivity index (χ3n) is 3.59. The quantitative estimate of drug-likeness (QED) is 0.545. The number of morpholine rings is 1. The van der Waals surface area contributed by atoms with E-state index in [4.69, 9.17) is 10.6 Å².